The molecule has 21 heavy (non-hydrogen) atoms. The minimum absolute atomic E-state index is 0.232. The predicted molar refractivity (Wildman–Crippen MR) is 80.3 cm³/mol. The van der Waals surface area contributed by atoms with E-state index in [1.54, 1.807) is 0 Å². The monoisotopic (exact) mass is 287 g/mol. The van der Waals surface area contributed by atoms with Gasteiger partial charge in [-0.05, 0) is 32.6 Å². The fraction of sp³-hybridized carbons (Fsp3) is 0.667. The van der Waals surface area contributed by atoms with Gasteiger partial charge in [0.15, 0.2) is 5.82 Å². The quantitative estimate of drug-likeness (QED) is 0.841. The number of hydrogen-bond acceptors (Lipinski definition) is 5. The van der Waals surface area contributed by atoms with Crippen molar-refractivity contribution in [1.29, 1.82) is 0 Å². The SMILES string of the molecule is Cc1nn(C)c2c(N3CC(C)OC(C4CC4)C3)nncc12. The number of nitrogens with zero attached hydrogens (tertiary/aromatic N) is 5. The van der Waals surface area contributed by atoms with Crippen molar-refractivity contribution in [2.75, 3.05) is 18.0 Å². The van der Waals surface area contributed by atoms with Crippen molar-refractivity contribution in [3.05, 3.63) is 11.9 Å². The van der Waals surface area contributed by atoms with Crippen molar-refractivity contribution in [2.45, 2.75) is 38.9 Å². The highest BCUT2D eigenvalue weighted by Crippen LogP contribution is 2.38. The molecule has 3 heterocycles. The minimum Gasteiger partial charge on any atom is -0.371 e. The van der Waals surface area contributed by atoms with Gasteiger partial charge in [0.05, 0.1) is 24.1 Å². The summed E-state index contributed by atoms with van der Waals surface area (Å²) < 4.78 is 8.01. The Bertz CT molecular complexity index is 678. The average Bonchev–Trinajstić information content (AvgIpc) is 3.26. The number of anilines is 1. The van der Waals surface area contributed by atoms with Crippen LogP contribution in [0.3, 0.4) is 0 Å². The summed E-state index contributed by atoms with van der Waals surface area (Å²) in [5, 5.41) is 14.2. The van der Waals surface area contributed by atoms with Crippen LogP contribution in [-0.2, 0) is 11.8 Å². The lowest BCUT2D eigenvalue weighted by molar-refractivity contribution is -0.0273. The van der Waals surface area contributed by atoms with Crippen LogP contribution in [-0.4, -0.2) is 45.3 Å². The molecule has 4 rings (SSSR count). The van der Waals surface area contributed by atoms with Gasteiger partial charge >= 0.3 is 0 Å². The molecule has 6 heteroatoms. The second kappa shape index (κ2) is 4.66. The van der Waals surface area contributed by atoms with Gasteiger partial charge in [-0.3, -0.25) is 4.68 Å². The van der Waals surface area contributed by atoms with E-state index in [-0.39, 0.29) is 6.10 Å². The number of ether oxygens (including phenoxy) is 1. The van der Waals surface area contributed by atoms with Crippen LogP contribution >= 0.6 is 0 Å². The number of hydrogen-bond donors (Lipinski definition) is 0. The first-order valence-electron chi connectivity index (χ1n) is 7.69. The van der Waals surface area contributed by atoms with Gasteiger partial charge in [-0.25, -0.2) is 0 Å². The van der Waals surface area contributed by atoms with E-state index in [9.17, 15) is 0 Å². The third kappa shape index (κ3) is 2.18. The Morgan fingerprint density at radius 2 is 2.10 bits per heavy atom. The molecular formula is C15H21N5O. The maximum absolute atomic E-state index is 6.10. The molecule has 1 aliphatic heterocycles. The van der Waals surface area contributed by atoms with Gasteiger partial charge in [0.1, 0.15) is 5.52 Å². The first-order valence-corrected chi connectivity index (χ1v) is 7.69. The Morgan fingerprint density at radius 1 is 1.29 bits per heavy atom. The summed E-state index contributed by atoms with van der Waals surface area (Å²) in [7, 11) is 1.97. The van der Waals surface area contributed by atoms with Gasteiger partial charge in [0, 0.05) is 25.5 Å². The van der Waals surface area contributed by atoms with Crippen molar-refractivity contribution >= 4 is 16.7 Å². The minimum atomic E-state index is 0.232. The van der Waals surface area contributed by atoms with Crippen molar-refractivity contribution in [1.82, 2.24) is 20.0 Å². The zero-order chi connectivity index (χ0) is 14.6. The van der Waals surface area contributed by atoms with E-state index in [4.69, 9.17) is 4.74 Å². The van der Waals surface area contributed by atoms with Gasteiger partial charge in [-0.15, -0.1) is 5.10 Å². The highest BCUT2D eigenvalue weighted by molar-refractivity contribution is 5.90. The van der Waals surface area contributed by atoms with Gasteiger partial charge in [-0.2, -0.15) is 10.2 Å². The zero-order valence-electron chi connectivity index (χ0n) is 12.8. The Hall–Kier alpha value is -1.69. The van der Waals surface area contributed by atoms with Gasteiger partial charge in [0.2, 0.25) is 0 Å². The number of aromatic nitrogens is 4. The maximum Gasteiger partial charge on any atom is 0.177 e. The second-order valence-electron chi connectivity index (χ2n) is 6.37. The summed E-state index contributed by atoms with van der Waals surface area (Å²) in [6.07, 6.45) is 4.97. The molecule has 2 fully saturated rings. The molecule has 0 bridgehead atoms. The van der Waals surface area contributed by atoms with E-state index in [0.29, 0.717) is 6.10 Å². The highest BCUT2D eigenvalue weighted by atomic mass is 16.5. The Labute approximate surface area is 124 Å². The van der Waals surface area contributed by atoms with Crippen LogP contribution < -0.4 is 4.90 Å². The van der Waals surface area contributed by atoms with E-state index >= 15 is 0 Å². The van der Waals surface area contributed by atoms with E-state index in [0.717, 1.165) is 41.4 Å². The molecule has 1 saturated carbocycles. The fourth-order valence-electron chi connectivity index (χ4n) is 3.38. The Kier molecular flexibility index (Phi) is 2.89. The molecule has 2 atom stereocenters. The summed E-state index contributed by atoms with van der Waals surface area (Å²) in [6.45, 7) is 5.93. The van der Waals surface area contributed by atoms with Gasteiger partial charge in [0.25, 0.3) is 0 Å². The van der Waals surface area contributed by atoms with E-state index in [1.165, 1.54) is 12.8 Å². The van der Waals surface area contributed by atoms with Crippen LogP contribution in [0.25, 0.3) is 10.9 Å². The van der Waals surface area contributed by atoms with Gasteiger partial charge in [-0.1, -0.05) is 0 Å². The molecule has 0 amide bonds. The standard InChI is InChI=1S/C15H21N5O/c1-9-7-20(8-13(21-9)11-4-5-11)15-14-12(6-16-17-15)10(2)18-19(14)3/h6,9,11,13H,4-5,7-8H2,1-3H3. The van der Waals surface area contributed by atoms with Crippen LogP contribution in [0.15, 0.2) is 6.20 Å². The molecule has 2 aliphatic rings. The molecule has 6 nitrogen and oxygen atoms in total. The normalized spacial score (nSPS) is 26.5. The summed E-state index contributed by atoms with van der Waals surface area (Å²) >= 11 is 0. The second-order valence-corrected chi connectivity index (χ2v) is 6.37. The highest BCUT2D eigenvalue weighted by Gasteiger charge is 2.38. The third-order valence-corrected chi connectivity index (χ3v) is 4.55. The predicted octanol–water partition coefficient (Wildman–Crippen LogP) is 1.68. The van der Waals surface area contributed by atoms with E-state index in [1.807, 2.05) is 24.9 Å². The average molecular weight is 287 g/mol. The van der Waals surface area contributed by atoms with Crippen LogP contribution in [0.5, 0.6) is 0 Å². The fourth-order valence-corrected chi connectivity index (χ4v) is 3.38. The topological polar surface area (TPSA) is 56.1 Å². The van der Waals surface area contributed by atoms with Crippen molar-refractivity contribution < 1.29 is 4.74 Å². The van der Waals surface area contributed by atoms with Crippen LogP contribution in [0.1, 0.15) is 25.5 Å². The molecule has 2 unspecified atom stereocenters. The lowest BCUT2D eigenvalue weighted by atomic mass is 10.1. The maximum atomic E-state index is 6.10. The third-order valence-electron chi connectivity index (χ3n) is 4.55. The smallest absolute Gasteiger partial charge is 0.177 e. The lowest BCUT2D eigenvalue weighted by Gasteiger charge is -2.37. The van der Waals surface area contributed by atoms with E-state index in [2.05, 4.69) is 27.1 Å². The molecule has 0 radical (unpaired) electrons. The Balaban J connectivity index is 1.75. The van der Waals surface area contributed by atoms with Crippen molar-refractivity contribution in [3.63, 3.8) is 0 Å². The summed E-state index contributed by atoms with van der Waals surface area (Å²) in [6, 6.07) is 0. The van der Waals surface area contributed by atoms with Crippen LogP contribution in [0, 0.1) is 12.8 Å². The van der Waals surface area contributed by atoms with Crippen molar-refractivity contribution in [3.8, 4) is 0 Å². The first kappa shape index (κ1) is 13.0. The van der Waals surface area contributed by atoms with Crippen molar-refractivity contribution in [2.24, 2.45) is 13.0 Å². The number of rotatable bonds is 2. The number of morpholine rings is 1. The molecule has 2 aromatic heterocycles. The first-order chi connectivity index (χ1) is 10.1. The Morgan fingerprint density at radius 3 is 2.86 bits per heavy atom. The molecule has 1 aliphatic carbocycles. The molecule has 0 N–H and O–H groups in total. The number of fused-ring (bicyclic) bond motifs is 1. The molecular weight excluding hydrogens is 266 g/mol. The molecule has 0 spiro atoms. The zero-order valence-corrected chi connectivity index (χ0v) is 12.8. The molecule has 1 saturated heterocycles. The molecule has 0 aromatic carbocycles. The summed E-state index contributed by atoms with van der Waals surface area (Å²) in [5.74, 6) is 1.67. The molecule has 2 aromatic rings. The molecule has 112 valence electrons. The lowest BCUT2D eigenvalue weighted by Crippen LogP contribution is -2.48. The van der Waals surface area contributed by atoms with Crippen LogP contribution in [0.4, 0.5) is 5.82 Å². The number of aryl methyl sites for hydroxylation is 2. The van der Waals surface area contributed by atoms with Gasteiger partial charge < -0.3 is 9.64 Å². The summed E-state index contributed by atoms with van der Waals surface area (Å²) in [5.41, 5.74) is 2.08. The van der Waals surface area contributed by atoms with Crippen LogP contribution in [0.2, 0.25) is 0 Å². The van der Waals surface area contributed by atoms with E-state index < -0.39 is 0 Å². The summed E-state index contributed by atoms with van der Waals surface area (Å²) in [4.78, 5) is 2.33. The largest absolute Gasteiger partial charge is 0.371 e.